The third-order valence-corrected chi connectivity index (χ3v) is 2.10. The molecule has 2 nitrogen and oxygen atoms in total. The van der Waals surface area contributed by atoms with Crippen molar-refractivity contribution in [3.8, 4) is 0 Å². The maximum atomic E-state index is 3.83. The molecule has 1 aliphatic rings. The van der Waals surface area contributed by atoms with Crippen molar-refractivity contribution in [3.05, 3.63) is 11.1 Å². The normalized spacial score (nSPS) is 26.9. The second kappa shape index (κ2) is 4.24. The molecule has 1 unspecified atom stereocenters. The van der Waals surface area contributed by atoms with Gasteiger partial charge in [0.2, 0.25) is 0 Å². The summed E-state index contributed by atoms with van der Waals surface area (Å²) in [5, 5.41) is 3.40. The SMILES string of the molecule is C=C(Br)CN1CCNC(C)C1. The van der Waals surface area contributed by atoms with Crippen molar-refractivity contribution in [1.82, 2.24) is 10.2 Å². The second-order valence-electron chi connectivity index (χ2n) is 3.11. The van der Waals surface area contributed by atoms with E-state index in [4.69, 9.17) is 0 Å². The minimum atomic E-state index is 0.621. The number of nitrogens with zero attached hydrogens (tertiary/aromatic N) is 1. The molecule has 0 aromatic heterocycles. The lowest BCUT2D eigenvalue weighted by molar-refractivity contribution is 0.226. The highest BCUT2D eigenvalue weighted by Crippen LogP contribution is 2.06. The van der Waals surface area contributed by atoms with E-state index >= 15 is 0 Å². The summed E-state index contributed by atoms with van der Waals surface area (Å²) in [5.41, 5.74) is 0. The van der Waals surface area contributed by atoms with Gasteiger partial charge in [0.05, 0.1) is 0 Å². The first-order chi connectivity index (χ1) is 5.18. The quantitative estimate of drug-likeness (QED) is 0.750. The molecule has 0 saturated carbocycles. The Morgan fingerprint density at radius 1 is 1.82 bits per heavy atom. The van der Waals surface area contributed by atoms with Crippen LogP contribution >= 0.6 is 15.9 Å². The van der Waals surface area contributed by atoms with Crippen LogP contribution < -0.4 is 5.32 Å². The first-order valence-electron chi connectivity index (χ1n) is 3.97. The average molecular weight is 219 g/mol. The fourth-order valence-corrected chi connectivity index (χ4v) is 1.75. The lowest BCUT2D eigenvalue weighted by Gasteiger charge is -2.31. The summed E-state index contributed by atoms with van der Waals surface area (Å²) in [4.78, 5) is 2.40. The molecule has 3 heteroatoms. The molecule has 0 spiro atoms. The Morgan fingerprint density at radius 3 is 3.09 bits per heavy atom. The Kier molecular flexibility index (Phi) is 3.55. The Morgan fingerprint density at radius 2 is 2.55 bits per heavy atom. The molecule has 1 saturated heterocycles. The first-order valence-corrected chi connectivity index (χ1v) is 4.77. The highest BCUT2D eigenvalue weighted by molar-refractivity contribution is 9.11. The minimum absolute atomic E-state index is 0.621. The summed E-state index contributed by atoms with van der Waals surface area (Å²) in [7, 11) is 0. The van der Waals surface area contributed by atoms with E-state index in [0.717, 1.165) is 30.7 Å². The molecule has 1 fully saturated rings. The van der Waals surface area contributed by atoms with Crippen LogP contribution in [0.5, 0.6) is 0 Å². The van der Waals surface area contributed by atoms with Crippen LogP contribution in [-0.4, -0.2) is 37.1 Å². The van der Waals surface area contributed by atoms with Crippen molar-refractivity contribution < 1.29 is 0 Å². The van der Waals surface area contributed by atoms with Crippen molar-refractivity contribution in [3.63, 3.8) is 0 Å². The fraction of sp³-hybridized carbons (Fsp3) is 0.750. The molecule has 64 valence electrons. The number of hydrogen-bond donors (Lipinski definition) is 1. The molecular weight excluding hydrogens is 204 g/mol. The zero-order valence-corrected chi connectivity index (χ0v) is 8.52. The van der Waals surface area contributed by atoms with Gasteiger partial charge in [-0.3, -0.25) is 4.90 Å². The Bertz CT molecular complexity index is 147. The van der Waals surface area contributed by atoms with Crippen LogP contribution in [-0.2, 0) is 0 Å². The van der Waals surface area contributed by atoms with Gasteiger partial charge in [-0.1, -0.05) is 22.5 Å². The van der Waals surface area contributed by atoms with Gasteiger partial charge in [-0.05, 0) is 6.92 Å². The molecule has 1 rings (SSSR count). The molecule has 0 bridgehead atoms. The summed E-state index contributed by atoms with van der Waals surface area (Å²) in [6.45, 7) is 10.4. The van der Waals surface area contributed by atoms with Gasteiger partial charge in [-0.25, -0.2) is 0 Å². The summed E-state index contributed by atoms with van der Waals surface area (Å²) in [6.07, 6.45) is 0. The van der Waals surface area contributed by atoms with Gasteiger partial charge in [0.15, 0.2) is 0 Å². The molecule has 1 N–H and O–H groups in total. The predicted octanol–water partition coefficient (Wildman–Crippen LogP) is 1.19. The van der Waals surface area contributed by atoms with E-state index in [-0.39, 0.29) is 0 Å². The van der Waals surface area contributed by atoms with Crippen LogP contribution in [0.4, 0.5) is 0 Å². The van der Waals surface area contributed by atoms with Crippen molar-refractivity contribution in [2.45, 2.75) is 13.0 Å². The smallest absolute Gasteiger partial charge is 0.0295 e. The van der Waals surface area contributed by atoms with Gasteiger partial charge in [0.1, 0.15) is 0 Å². The van der Waals surface area contributed by atoms with Gasteiger partial charge < -0.3 is 5.32 Å². The van der Waals surface area contributed by atoms with Gasteiger partial charge in [0, 0.05) is 36.7 Å². The van der Waals surface area contributed by atoms with Crippen LogP contribution in [0.25, 0.3) is 0 Å². The number of rotatable bonds is 2. The second-order valence-corrected chi connectivity index (χ2v) is 4.23. The number of hydrogen-bond acceptors (Lipinski definition) is 2. The molecule has 11 heavy (non-hydrogen) atoms. The third-order valence-electron chi connectivity index (χ3n) is 1.85. The van der Waals surface area contributed by atoms with E-state index in [1.807, 2.05) is 0 Å². The summed E-state index contributed by atoms with van der Waals surface area (Å²) < 4.78 is 1.08. The number of nitrogens with one attached hydrogen (secondary N) is 1. The molecule has 0 aromatic rings. The van der Waals surface area contributed by atoms with E-state index in [2.05, 4.69) is 39.6 Å². The zero-order valence-electron chi connectivity index (χ0n) is 6.94. The molecule has 1 atom stereocenters. The van der Waals surface area contributed by atoms with Gasteiger partial charge in [-0.15, -0.1) is 0 Å². The van der Waals surface area contributed by atoms with Crippen molar-refractivity contribution in [1.29, 1.82) is 0 Å². The van der Waals surface area contributed by atoms with E-state index in [0.29, 0.717) is 6.04 Å². The summed E-state index contributed by atoms with van der Waals surface area (Å²) in [5.74, 6) is 0. The van der Waals surface area contributed by atoms with Crippen molar-refractivity contribution in [2.24, 2.45) is 0 Å². The Labute approximate surface area is 76.8 Å². The maximum Gasteiger partial charge on any atom is 0.0295 e. The van der Waals surface area contributed by atoms with E-state index in [1.165, 1.54) is 0 Å². The summed E-state index contributed by atoms with van der Waals surface area (Å²) in [6, 6.07) is 0.621. The van der Waals surface area contributed by atoms with Gasteiger partial charge in [0.25, 0.3) is 0 Å². The molecule has 1 aliphatic heterocycles. The van der Waals surface area contributed by atoms with E-state index in [1.54, 1.807) is 0 Å². The topological polar surface area (TPSA) is 15.3 Å². The fourth-order valence-electron chi connectivity index (χ4n) is 1.40. The molecule has 0 amide bonds. The van der Waals surface area contributed by atoms with Crippen LogP contribution in [0.3, 0.4) is 0 Å². The van der Waals surface area contributed by atoms with Gasteiger partial charge >= 0.3 is 0 Å². The molecular formula is C8H15BrN2. The molecule has 1 heterocycles. The van der Waals surface area contributed by atoms with E-state index < -0.39 is 0 Å². The maximum absolute atomic E-state index is 3.83. The van der Waals surface area contributed by atoms with Crippen molar-refractivity contribution >= 4 is 15.9 Å². The predicted molar refractivity (Wildman–Crippen MR) is 52.0 cm³/mol. The molecule has 0 radical (unpaired) electrons. The zero-order chi connectivity index (χ0) is 8.27. The number of halogens is 1. The van der Waals surface area contributed by atoms with E-state index in [9.17, 15) is 0 Å². The largest absolute Gasteiger partial charge is 0.312 e. The monoisotopic (exact) mass is 218 g/mol. The molecule has 0 aromatic carbocycles. The van der Waals surface area contributed by atoms with Crippen LogP contribution in [0, 0.1) is 0 Å². The van der Waals surface area contributed by atoms with Crippen LogP contribution in [0.2, 0.25) is 0 Å². The van der Waals surface area contributed by atoms with Crippen molar-refractivity contribution in [2.75, 3.05) is 26.2 Å². The Balaban J connectivity index is 2.28. The summed E-state index contributed by atoms with van der Waals surface area (Å²) >= 11 is 3.37. The average Bonchev–Trinajstić information content (AvgIpc) is 1.85. The lowest BCUT2D eigenvalue weighted by atomic mass is 10.2. The standard InChI is InChI=1S/C8H15BrN2/c1-7(9)5-11-4-3-10-8(2)6-11/h8,10H,1,3-6H2,2H3. The lowest BCUT2D eigenvalue weighted by Crippen LogP contribution is -2.49. The van der Waals surface area contributed by atoms with Gasteiger partial charge in [-0.2, -0.15) is 0 Å². The highest BCUT2D eigenvalue weighted by atomic mass is 79.9. The highest BCUT2D eigenvalue weighted by Gasteiger charge is 2.14. The van der Waals surface area contributed by atoms with Crippen LogP contribution in [0.15, 0.2) is 11.1 Å². The number of piperazine rings is 1. The van der Waals surface area contributed by atoms with Crippen LogP contribution in [0.1, 0.15) is 6.92 Å². The minimum Gasteiger partial charge on any atom is -0.312 e. The Hall–Kier alpha value is 0.140. The molecule has 0 aliphatic carbocycles. The third kappa shape index (κ3) is 3.36. The first kappa shape index (κ1) is 9.23.